The Balaban J connectivity index is 5.29. The van der Waals surface area contributed by atoms with Gasteiger partial charge in [-0.15, -0.1) is 0 Å². The molecule has 15 heavy (non-hydrogen) atoms. The summed E-state index contributed by atoms with van der Waals surface area (Å²) in [6.45, 7) is 16.2. The monoisotopic (exact) mass is 205 g/mol. The van der Waals surface area contributed by atoms with Crippen LogP contribution in [0.4, 0.5) is 0 Å². The molecule has 0 spiro atoms. The molecule has 0 heterocycles. The van der Waals surface area contributed by atoms with Crippen molar-refractivity contribution in [1.29, 1.82) is 0 Å². The van der Waals surface area contributed by atoms with E-state index in [1.54, 1.807) is 6.20 Å². The molecule has 0 amide bonds. The van der Waals surface area contributed by atoms with Gasteiger partial charge in [-0.05, 0) is 37.8 Å². The standard InChI is InChI=1S/C14H23N/c1-7-10-13(12(6)8-2)14(11(4)5)15-9-3/h9H,3-4,7-8,10H2,1-2,5-6H3/b13-12+,15-14?. The molecule has 84 valence electrons. The van der Waals surface area contributed by atoms with Crippen molar-refractivity contribution in [2.75, 3.05) is 0 Å². The van der Waals surface area contributed by atoms with E-state index in [-0.39, 0.29) is 0 Å². The minimum atomic E-state index is 1.02. The fourth-order valence-corrected chi connectivity index (χ4v) is 1.53. The first-order valence-corrected chi connectivity index (χ1v) is 5.61. The summed E-state index contributed by atoms with van der Waals surface area (Å²) >= 11 is 0. The molecule has 0 aliphatic rings. The summed E-state index contributed by atoms with van der Waals surface area (Å²) < 4.78 is 0. The number of hydrogen-bond donors (Lipinski definition) is 0. The maximum atomic E-state index is 4.33. The highest BCUT2D eigenvalue weighted by atomic mass is 14.7. The molecule has 0 N–H and O–H groups in total. The topological polar surface area (TPSA) is 12.4 Å². The minimum Gasteiger partial charge on any atom is -0.257 e. The summed E-state index contributed by atoms with van der Waals surface area (Å²) in [4.78, 5) is 4.33. The predicted molar refractivity (Wildman–Crippen MR) is 70.3 cm³/mol. The Bertz CT molecular complexity index is 292. The SMILES string of the molecule is C=CN=C(C(=C)C)/C(CCC)=C(\C)CC. The summed E-state index contributed by atoms with van der Waals surface area (Å²) in [7, 11) is 0. The summed E-state index contributed by atoms with van der Waals surface area (Å²) in [5.74, 6) is 0. The van der Waals surface area contributed by atoms with Crippen molar-refractivity contribution in [3.8, 4) is 0 Å². The van der Waals surface area contributed by atoms with Crippen LogP contribution in [0.15, 0.2) is 41.1 Å². The van der Waals surface area contributed by atoms with Crippen LogP contribution < -0.4 is 0 Å². The molecule has 0 atom stereocenters. The van der Waals surface area contributed by atoms with Gasteiger partial charge in [-0.2, -0.15) is 0 Å². The maximum absolute atomic E-state index is 4.33. The second kappa shape index (κ2) is 7.22. The van der Waals surface area contributed by atoms with E-state index in [1.807, 2.05) is 6.92 Å². The minimum absolute atomic E-state index is 1.02. The first-order valence-electron chi connectivity index (χ1n) is 5.61. The van der Waals surface area contributed by atoms with Crippen LogP contribution in [0, 0.1) is 0 Å². The Morgan fingerprint density at radius 1 is 1.27 bits per heavy atom. The molecule has 0 aliphatic heterocycles. The largest absolute Gasteiger partial charge is 0.257 e. The van der Waals surface area contributed by atoms with Gasteiger partial charge < -0.3 is 0 Å². The van der Waals surface area contributed by atoms with Crippen LogP contribution in [0.5, 0.6) is 0 Å². The molecule has 1 nitrogen and oxygen atoms in total. The number of hydrogen-bond acceptors (Lipinski definition) is 1. The third kappa shape index (κ3) is 4.28. The first kappa shape index (κ1) is 13.9. The molecular formula is C14H23N. The Kier molecular flexibility index (Phi) is 6.68. The Morgan fingerprint density at radius 2 is 1.87 bits per heavy atom. The fraction of sp³-hybridized carbons (Fsp3) is 0.500. The van der Waals surface area contributed by atoms with E-state index >= 15 is 0 Å². The fourth-order valence-electron chi connectivity index (χ4n) is 1.53. The van der Waals surface area contributed by atoms with Gasteiger partial charge in [0.15, 0.2) is 0 Å². The van der Waals surface area contributed by atoms with Crippen molar-refractivity contribution < 1.29 is 0 Å². The third-order valence-corrected chi connectivity index (χ3v) is 2.46. The van der Waals surface area contributed by atoms with Crippen LogP contribution in [-0.4, -0.2) is 5.71 Å². The van der Waals surface area contributed by atoms with Crippen molar-refractivity contribution in [1.82, 2.24) is 0 Å². The predicted octanol–water partition coefficient (Wildman–Crippen LogP) is 4.67. The van der Waals surface area contributed by atoms with Gasteiger partial charge >= 0.3 is 0 Å². The van der Waals surface area contributed by atoms with Gasteiger partial charge in [0.25, 0.3) is 0 Å². The highest BCUT2D eigenvalue weighted by Gasteiger charge is 2.09. The average Bonchev–Trinajstić information content (AvgIpc) is 2.21. The van der Waals surface area contributed by atoms with Crippen LogP contribution in [0.3, 0.4) is 0 Å². The third-order valence-electron chi connectivity index (χ3n) is 2.46. The Labute approximate surface area is 94.3 Å². The van der Waals surface area contributed by atoms with E-state index in [1.165, 1.54) is 11.1 Å². The maximum Gasteiger partial charge on any atom is 0.0683 e. The summed E-state index contributed by atoms with van der Waals surface area (Å²) in [5.41, 5.74) is 4.78. The lowest BCUT2D eigenvalue weighted by Crippen LogP contribution is -2.06. The molecule has 0 saturated heterocycles. The normalized spacial score (nSPS) is 13.5. The molecule has 0 aromatic heterocycles. The van der Waals surface area contributed by atoms with E-state index in [0.717, 1.165) is 30.5 Å². The van der Waals surface area contributed by atoms with E-state index in [0.29, 0.717) is 0 Å². The van der Waals surface area contributed by atoms with Crippen molar-refractivity contribution in [3.05, 3.63) is 36.1 Å². The second-order valence-corrected chi connectivity index (χ2v) is 3.80. The molecule has 0 bridgehead atoms. The summed E-state index contributed by atoms with van der Waals surface area (Å²) in [6.07, 6.45) is 4.87. The molecule has 0 saturated carbocycles. The van der Waals surface area contributed by atoms with Crippen LogP contribution in [0.1, 0.15) is 47.0 Å². The van der Waals surface area contributed by atoms with Gasteiger partial charge in [-0.3, -0.25) is 4.99 Å². The second-order valence-electron chi connectivity index (χ2n) is 3.80. The van der Waals surface area contributed by atoms with E-state index < -0.39 is 0 Å². The van der Waals surface area contributed by atoms with E-state index in [9.17, 15) is 0 Å². The van der Waals surface area contributed by atoms with E-state index in [2.05, 4.69) is 38.9 Å². The highest BCUT2D eigenvalue weighted by Crippen LogP contribution is 2.19. The highest BCUT2D eigenvalue weighted by molar-refractivity contribution is 6.12. The lowest BCUT2D eigenvalue weighted by molar-refractivity contribution is 0.906. The summed E-state index contributed by atoms with van der Waals surface area (Å²) in [6, 6.07) is 0. The molecule has 1 heteroatoms. The average molecular weight is 205 g/mol. The lowest BCUT2D eigenvalue weighted by Gasteiger charge is -2.13. The zero-order chi connectivity index (χ0) is 11.8. The number of nitrogens with zero attached hydrogens (tertiary/aromatic N) is 1. The van der Waals surface area contributed by atoms with Gasteiger partial charge in [0.1, 0.15) is 0 Å². The molecule has 0 aromatic rings. The molecule has 0 radical (unpaired) electrons. The van der Waals surface area contributed by atoms with Crippen LogP contribution in [-0.2, 0) is 0 Å². The molecule has 0 unspecified atom stereocenters. The number of allylic oxidation sites excluding steroid dienone is 3. The zero-order valence-corrected chi connectivity index (χ0v) is 10.6. The van der Waals surface area contributed by atoms with Crippen LogP contribution in [0.25, 0.3) is 0 Å². The first-order chi connectivity index (χ1) is 7.08. The molecule has 0 fully saturated rings. The number of rotatable bonds is 6. The van der Waals surface area contributed by atoms with Gasteiger partial charge in [-0.25, -0.2) is 0 Å². The quantitative estimate of drug-likeness (QED) is 0.559. The number of aliphatic imine (C=N–C) groups is 1. The van der Waals surface area contributed by atoms with Crippen molar-refractivity contribution in [3.63, 3.8) is 0 Å². The van der Waals surface area contributed by atoms with Gasteiger partial charge in [-0.1, -0.05) is 39.0 Å². The smallest absolute Gasteiger partial charge is 0.0683 e. The van der Waals surface area contributed by atoms with Crippen molar-refractivity contribution in [2.45, 2.75) is 47.0 Å². The van der Waals surface area contributed by atoms with Gasteiger partial charge in [0.2, 0.25) is 0 Å². The molecular weight excluding hydrogens is 182 g/mol. The van der Waals surface area contributed by atoms with E-state index in [4.69, 9.17) is 0 Å². The Hall–Kier alpha value is -1.11. The summed E-state index contributed by atoms with van der Waals surface area (Å²) in [5, 5.41) is 0. The van der Waals surface area contributed by atoms with Crippen molar-refractivity contribution in [2.24, 2.45) is 4.99 Å². The molecule has 0 aliphatic carbocycles. The van der Waals surface area contributed by atoms with Gasteiger partial charge in [0, 0.05) is 6.20 Å². The molecule has 0 aromatic carbocycles. The van der Waals surface area contributed by atoms with Crippen LogP contribution in [0.2, 0.25) is 0 Å². The molecule has 0 rings (SSSR count). The lowest BCUT2D eigenvalue weighted by atomic mass is 9.94. The van der Waals surface area contributed by atoms with Crippen LogP contribution >= 0.6 is 0 Å². The zero-order valence-electron chi connectivity index (χ0n) is 10.6. The van der Waals surface area contributed by atoms with Crippen molar-refractivity contribution >= 4 is 5.71 Å². The van der Waals surface area contributed by atoms with Gasteiger partial charge in [0.05, 0.1) is 5.71 Å². The Morgan fingerprint density at radius 3 is 2.20 bits per heavy atom.